The summed E-state index contributed by atoms with van der Waals surface area (Å²) in [4.78, 5) is 13.5. The fourth-order valence-electron chi connectivity index (χ4n) is 3.03. The number of nitrogens with zero attached hydrogens (tertiary/aromatic N) is 1. The van der Waals surface area contributed by atoms with Crippen LogP contribution in [0.3, 0.4) is 0 Å². The summed E-state index contributed by atoms with van der Waals surface area (Å²) in [5.41, 5.74) is 1.00. The van der Waals surface area contributed by atoms with Crippen LogP contribution in [0, 0.1) is 12.8 Å². The van der Waals surface area contributed by atoms with E-state index in [-0.39, 0.29) is 18.4 Å². The van der Waals surface area contributed by atoms with Crippen LogP contribution in [0.4, 0.5) is 0 Å². The monoisotopic (exact) mass is 456 g/mol. The summed E-state index contributed by atoms with van der Waals surface area (Å²) < 4.78 is 28.3. The molecule has 1 amide bonds. The quantitative estimate of drug-likeness (QED) is 0.747. The first-order valence-electron chi connectivity index (χ1n) is 8.45. The molecule has 2 aromatic rings. The minimum atomic E-state index is -3.51. The van der Waals surface area contributed by atoms with Gasteiger partial charge in [0.05, 0.1) is 5.92 Å². The summed E-state index contributed by atoms with van der Waals surface area (Å²) in [5.74, 6) is -0.404. The molecule has 0 radical (unpaired) electrons. The van der Waals surface area contributed by atoms with Crippen LogP contribution in [-0.4, -0.2) is 31.7 Å². The van der Waals surface area contributed by atoms with Gasteiger partial charge in [-0.2, -0.15) is 4.31 Å². The van der Waals surface area contributed by atoms with Crippen molar-refractivity contribution in [2.24, 2.45) is 5.92 Å². The smallest absolute Gasteiger partial charge is 0.252 e. The van der Waals surface area contributed by atoms with Crippen molar-refractivity contribution in [1.29, 1.82) is 0 Å². The van der Waals surface area contributed by atoms with Crippen molar-refractivity contribution >= 4 is 43.2 Å². The minimum Gasteiger partial charge on any atom is -0.352 e. The lowest BCUT2D eigenvalue weighted by atomic mass is 9.99. The topological polar surface area (TPSA) is 66.5 Å². The Morgan fingerprint density at radius 3 is 2.85 bits per heavy atom. The van der Waals surface area contributed by atoms with Gasteiger partial charge in [0.15, 0.2) is 0 Å². The number of halogens is 1. The first kappa shape index (κ1) is 19.5. The van der Waals surface area contributed by atoms with E-state index in [0.717, 1.165) is 14.9 Å². The molecule has 1 atom stereocenters. The zero-order valence-corrected chi connectivity index (χ0v) is 17.7. The van der Waals surface area contributed by atoms with E-state index < -0.39 is 10.0 Å². The van der Waals surface area contributed by atoms with Gasteiger partial charge in [-0.25, -0.2) is 8.42 Å². The SMILES string of the molecule is Cc1ccc(S(=O)(=O)N2CCCC(C(=O)NCc3cccc(Br)c3)C2)s1. The lowest BCUT2D eigenvalue weighted by molar-refractivity contribution is -0.126. The first-order chi connectivity index (χ1) is 12.4. The van der Waals surface area contributed by atoms with E-state index in [2.05, 4.69) is 21.2 Å². The molecule has 1 aromatic carbocycles. The van der Waals surface area contributed by atoms with Crippen LogP contribution < -0.4 is 5.32 Å². The predicted octanol–water partition coefficient (Wildman–Crippen LogP) is 3.54. The number of amides is 1. The maximum atomic E-state index is 12.8. The lowest BCUT2D eigenvalue weighted by Crippen LogP contribution is -2.45. The molecule has 26 heavy (non-hydrogen) atoms. The highest BCUT2D eigenvalue weighted by Gasteiger charge is 2.33. The van der Waals surface area contributed by atoms with Crippen LogP contribution in [0.2, 0.25) is 0 Å². The van der Waals surface area contributed by atoms with Gasteiger partial charge in [-0.1, -0.05) is 28.1 Å². The van der Waals surface area contributed by atoms with E-state index >= 15 is 0 Å². The minimum absolute atomic E-state index is 0.0905. The third-order valence-electron chi connectivity index (χ3n) is 4.42. The Hall–Kier alpha value is -1.22. The molecule has 5 nitrogen and oxygen atoms in total. The normalized spacial score (nSPS) is 18.6. The van der Waals surface area contributed by atoms with E-state index in [4.69, 9.17) is 0 Å². The maximum Gasteiger partial charge on any atom is 0.252 e. The summed E-state index contributed by atoms with van der Waals surface area (Å²) in [6, 6.07) is 11.2. The van der Waals surface area contributed by atoms with E-state index in [9.17, 15) is 13.2 Å². The van der Waals surface area contributed by atoms with Crippen molar-refractivity contribution in [2.45, 2.75) is 30.5 Å². The molecule has 8 heteroatoms. The van der Waals surface area contributed by atoms with Gasteiger partial charge in [0.25, 0.3) is 10.0 Å². The molecule has 1 unspecified atom stereocenters. The van der Waals surface area contributed by atoms with Crippen molar-refractivity contribution in [3.05, 3.63) is 51.3 Å². The maximum absolute atomic E-state index is 12.8. The number of piperidine rings is 1. The molecule has 140 valence electrons. The van der Waals surface area contributed by atoms with Crippen molar-refractivity contribution in [3.8, 4) is 0 Å². The molecule has 0 spiro atoms. The zero-order chi connectivity index (χ0) is 18.7. The van der Waals surface area contributed by atoms with E-state index in [0.29, 0.717) is 30.1 Å². The number of rotatable bonds is 5. The molecule has 1 N–H and O–H groups in total. The fourth-order valence-corrected chi connectivity index (χ4v) is 6.44. The third-order valence-corrected chi connectivity index (χ3v) is 8.25. The molecule has 1 aliphatic heterocycles. The van der Waals surface area contributed by atoms with Gasteiger partial charge in [0.1, 0.15) is 4.21 Å². The number of carbonyl (C=O) groups is 1. The Labute approximate surface area is 166 Å². The predicted molar refractivity (Wildman–Crippen MR) is 107 cm³/mol. The third kappa shape index (κ3) is 4.54. The number of hydrogen-bond donors (Lipinski definition) is 1. The van der Waals surface area contributed by atoms with Crippen molar-refractivity contribution in [2.75, 3.05) is 13.1 Å². The summed E-state index contributed by atoms with van der Waals surface area (Å²) in [6.07, 6.45) is 1.40. The summed E-state index contributed by atoms with van der Waals surface area (Å²) in [6.45, 7) is 3.03. The Balaban J connectivity index is 1.63. The molecule has 2 heterocycles. The van der Waals surface area contributed by atoms with Crippen LogP contribution in [0.1, 0.15) is 23.3 Å². The van der Waals surface area contributed by atoms with E-state index in [1.54, 1.807) is 6.07 Å². The molecule has 1 saturated heterocycles. The van der Waals surface area contributed by atoms with Gasteiger partial charge in [-0.3, -0.25) is 4.79 Å². The Morgan fingerprint density at radius 2 is 2.15 bits per heavy atom. The molecule has 3 rings (SSSR count). The average molecular weight is 457 g/mol. The van der Waals surface area contributed by atoms with Crippen LogP contribution in [-0.2, 0) is 21.4 Å². The average Bonchev–Trinajstić information content (AvgIpc) is 3.07. The Bertz CT molecular complexity index is 895. The largest absolute Gasteiger partial charge is 0.352 e. The molecule has 1 aromatic heterocycles. The van der Waals surface area contributed by atoms with Gasteiger partial charge in [0.2, 0.25) is 5.91 Å². The Kier molecular flexibility index (Phi) is 6.17. The van der Waals surface area contributed by atoms with Crippen LogP contribution in [0.25, 0.3) is 0 Å². The van der Waals surface area contributed by atoms with Crippen LogP contribution in [0.15, 0.2) is 45.1 Å². The highest BCUT2D eigenvalue weighted by molar-refractivity contribution is 9.10. The van der Waals surface area contributed by atoms with E-state index in [1.807, 2.05) is 37.3 Å². The number of carbonyl (C=O) groups excluding carboxylic acids is 1. The number of thiophene rings is 1. The number of hydrogen-bond acceptors (Lipinski definition) is 4. The fraction of sp³-hybridized carbons (Fsp3) is 0.389. The molecular weight excluding hydrogens is 436 g/mol. The van der Waals surface area contributed by atoms with Crippen LogP contribution in [0.5, 0.6) is 0 Å². The van der Waals surface area contributed by atoms with Crippen molar-refractivity contribution < 1.29 is 13.2 Å². The zero-order valence-electron chi connectivity index (χ0n) is 14.4. The molecule has 1 aliphatic rings. The number of aryl methyl sites for hydroxylation is 1. The first-order valence-corrected chi connectivity index (χ1v) is 11.5. The van der Waals surface area contributed by atoms with Gasteiger partial charge in [0, 0.05) is 29.0 Å². The molecular formula is C18H21BrN2O3S2. The molecule has 1 fully saturated rings. The highest BCUT2D eigenvalue weighted by atomic mass is 79.9. The molecule has 0 saturated carbocycles. The van der Waals surface area contributed by atoms with Gasteiger partial charge in [-0.05, 0) is 49.6 Å². The summed E-state index contributed by atoms with van der Waals surface area (Å²) in [5, 5.41) is 2.93. The van der Waals surface area contributed by atoms with Gasteiger partial charge in [-0.15, -0.1) is 11.3 Å². The van der Waals surface area contributed by atoms with Gasteiger partial charge >= 0.3 is 0 Å². The Morgan fingerprint density at radius 1 is 1.35 bits per heavy atom. The highest BCUT2D eigenvalue weighted by Crippen LogP contribution is 2.28. The number of nitrogens with one attached hydrogen (secondary N) is 1. The summed E-state index contributed by atoms with van der Waals surface area (Å²) in [7, 11) is -3.51. The summed E-state index contributed by atoms with van der Waals surface area (Å²) >= 11 is 4.69. The number of benzene rings is 1. The second kappa shape index (κ2) is 8.21. The molecule has 0 bridgehead atoms. The van der Waals surface area contributed by atoms with Crippen LogP contribution >= 0.6 is 27.3 Å². The lowest BCUT2D eigenvalue weighted by Gasteiger charge is -2.30. The van der Waals surface area contributed by atoms with Gasteiger partial charge < -0.3 is 5.32 Å². The standard InChI is InChI=1S/C18H21BrN2O3S2/c1-13-7-8-17(25-13)26(23,24)21-9-3-5-15(12-21)18(22)20-11-14-4-2-6-16(19)10-14/h2,4,6-8,10,15H,3,5,9,11-12H2,1H3,(H,20,22). The number of sulfonamides is 1. The van der Waals surface area contributed by atoms with Crippen molar-refractivity contribution in [1.82, 2.24) is 9.62 Å². The second-order valence-electron chi connectivity index (χ2n) is 6.42. The second-order valence-corrected chi connectivity index (χ2v) is 10.8. The van der Waals surface area contributed by atoms with E-state index in [1.165, 1.54) is 15.6 Å². The molecule has 0 aliphatic carbocycles. The van der Waals surface area contributed by atoms with Crippen molar-refractivity contribution in [3.63, 3.8) is 0 Å².